The fourth-order valence-corrected chi connectivity index (χ4v) is 2.35. The second-order valence-corrected chi connectivity index (χ2v) is 5.99. The topological polar surface area (TPSA) is 88.5 Å². The Morgan fingerprint density at radius 3 is 3.00 bits per heavy atom. The number of nitrogens with one attached hydrogen (secondary N) is 2. The van der Waals surface area contributed by atoms with E-state index in [-0.39, 0.29) is 13.4 Å². The minimum Gasteiger partial charge on any atom is -0.354 e. The average Bonchev–Trinajstić information content (AvgIpc) is 3.20. The lowest BCUT2D eigenvalue weighted by atomic mass is 10.2. The predicted octanol–water partition coefficient (Wildman–Crippen LogP) is 2.40. The highest BCUT2D eigenvalue weighted by Gasteiger charge is 2.17. The molecule has 0 aliphatic rings. The highest BCUT2D eigenvalue weighted by molar-refractivity contribution is 5.90. The van der Waals surface area contributed by atoms with Crippen LogP contribution in [0.2, 0.25) is 0 Å². The normalized spacial score (nSPS) is 12.7. The molecular formula is C16H22N6O. The van der Waals surface area contributed by atoms with Gasteiger partial charge in [-0.15, -0.1) is 0 Å². The Morgan fingerprint density at radius 2 is 2.22 bits per heavy atom. The zero-order valence-electron chi connectivity index (χ0n) is 13.4. The summed E-state index contributed by atoms with van der Waals surface area (Å²) in [6, 6.07) is 1.56. The van der Waals surface area contributed by atoms with Gasteiger partial charge in [0, 0.05) is 31.3 Å². The minimum absolute atomic E-state index is 0. The molecule has 0 spiro atoms. The lowest BCUT2D eigenvalue weighted by molar-refractivity contribution is -0.124. The maximum absolute atomic E-state index is 12.2. The van der Waals surface area contributed by atoms with Gasteiger partial charge in [0.1, 0.15) is 18.0 Å². The summed E-state index contributed by atoms with van der Waals surface area (Å²) >= 11 is 0. The van der Waals surface area contributed by atoms with Gasteiger partial charge in [-0.1, -0.05) is 13.8 Å². The number of nitrogens with zero attached hydrogens (tertiary/aromatic N) is 4. The summed E-state index contributed by atoms with van der Waals surface area (Å²) in [4.78, 5) is 23.7. The predicted molar refractivity (Wildman–Crippen MR) is 89.8 cm³/mol. The van der Waals surface area contributed by atoms with E-state index < -0.39 is 0 Å². The second kappa shape index (κ2) is 6.20. The number of amides is 1. The molecule has 122 valence electrons. The van der Waals surface area contributed by atoms with Gasteiger partial charge < -0.3 is 10.3 Å². The van der Waals surface area contributed by atoms with E-state index in [1.807, 2.05) is 25.4 Å². The number of hydrogen-bond donors (Lipinski definition) is 2. The average molecular weight is 314 g/mol. The van der Waals surface area contributed by atoms with E-state index in [1.165, 1.54) is 6.33 Å². The second-order valence-electron chi connectivity index (χ2n) is 5.99. The largest absolute Gasteiger partial charge is 0.354 e. The molecule has 3 aromatic heterocycles. The maximum atomic E-state index is 12.2. The third-order valence-corrected chi connectivity index (χ3v) is 3.69. The first kappa shape index (κ1) is 15.2. The molecule has 7 nitrogen and oxygen atoms in total. The number of hydrogen-bond acceptors (Lipinski definition) is 4. The van der Waals surface area contributed by atoms with Crippen molar-refractivity contribution in [3.63, 3.8) is 0 Å². The van der Waals surface area contributed by atoms with Gasteiger partial charge in [-0.25, -0.2) is 9.97 Å². The van der Waals surface area contributed by atoms with Gasteiger partial charge in [-0.2, -0.15) is 5.10 Å². The van der Waals surface area contributed by atoms with Gasteiger partial charge in [-0.05, 0) is 18.9 Å². The van der Waals surface area contributed by atoms with Crippen molar-refractivity contribution in [2.45, 2.75) is 26.8 Å². The van der Waals surface area contributed by atoms with Crippen LogP contribution >= 0.6 is 0 Å². The molecule has 1 atom stereocenters. The minimum atomic E-state index is -0.369. The van der Waals surface area contributed by atoms with Crippen LogP contribution in [0, 0.1) is 5.92 Å². The lowest BCUT2D eigenvalue weighted by Gasteiger charge is -2.13. The summed E-state index contributed by atoms with van der Waals surface area (Å²) in [6.07, 6.45) is 6.91. The quantitative estimate of drug-likeness (QED) is 0.757. The van der Waals surface area contributed by atoms with Crippen LogP contribution in [0.15, 0.2) is 31.0 Å². The fourth-order valence-electron chi connectivity index (χ4n) is 2.35. The van der Waals surface area contributed by atoms with E-state index >= 15 is 0 Å². The summed E-state index contributed by atoms with van der Waals surface area (Å²) < 4.78 is 1.66. The number of rotatable bonds is 5. The number of fused-ring (bicyclic) bond motifs is 1. The summed E-state index contributed by atoms with van der Waals surface area (Å²) in [6.45, 7) is 6.62. The van der Waals surface area contributed by atoms with Crippen LogP contribution < -0.4 is 5.32 Å². The highest BCUT2D eigenvalue weighted by Crippen LogP contribution is 2.24. The van der Waals surface area contributed by atoms with E-state index in [0.717, 1.165) is 22.3 Å². The summed E-state index contributed by atoms with van der Waals surface area (Å²) in [5.74, 6) is 0.380. The summed E-state index contributed by atoms with van der Waals surface area (Å²) in [7, 11) is 0. The zero-order chi connectivity index (χ0) is 16.4. The van der Waals surface area contributed by atoms with Gasteiger partial charge in [-0.3, -0.25) is 9.48 Å². The van der Waals surface area contributed by atoms with Crippen molar-refractivity contribution in [2.24, 2.45) is 5.92 Å². The molecule has 7 heteroatoms. The maximum Gasteiger partial charge on any atom is 0.244 e. The Balaban J connectivity index is 0.00000208. The number of aromatic nitrogens is 5. The first-order valence-corrected chi connectivity index (χ1v) is 7.66. The Hall–Kier alpha value is -2.70. The van der Waals surface area contributed by atoms with Crippen LogP contribution in [-0.4, -0.2) is 37.2 Å². The molecule has 0 aliphatic heterocycles. The zero-order valence-corrected chi connectivity index (χ0v) is 13.4. The molecule has 23 heavy (non-hydrogen) atoms. The molecule has 1 amide bonds. The van der Waals surface area contributed by atoms with Gasteiger partial charge in [0.15, 0.2) is 0 Å². The first-order valence-electron chi connectivity index (χ1n) is 7.66. The van der Waals surface area contributed by atoms with Crippen molar-refractivity contribution in [3.8, 4) is 11.3 Å². The van der Waals surface area contributed by atoms with E-state index in [1.54, 1.807) is 10.9 Å². The van der Waals surface area contributed by atoms with Crippen molar-refractivity contribution in [1.82, 2.24) is 30.0 Å². The molecule has 1 unspecified atom stereocenters. The van der Waals surface area contributed by atoms with Crippen LogP contribution in [0.25, 0.3) is 22.3 Å². The fraction of sp³-hybridized carbons (Fsp3) is 0.375. The van der Waals surface area contributed by atoms with Gasteiger partial charge in [0.05, 0.1) is 11.9 Å². The van der Waals surface area contributed by atoms with E-state index in [4.69, 9.17) is 0 Å². The molecule has 0 saturated heterocycles. The highest BCUT2D eigenvalue weighted by atomic mass is 16.2. The summed E-state index contributed by atoms with van der Waals surface area (Å²) in [5, 5.41) is 8.18. The molecule has 0 saturated carbocycles. The molecule has 2 N–H and O–H groups in total. The Bertz CT molecular complexity index is 825. The molecule has 3 rings (SSSR count). The molecule has 3 heterocycles. The molecule has 3 aromatic rings. The van der Waals surface area contributed by atoms with Crippen molar-refractivity contribution in [1.29, 1.82) is 0 Å². The van der Waals surface area contributed by atoms with Crippen molar-refractivity contribution in [3.05, 3.63) is 31.0 Å². The molecule has 0 aromatic carbocycles. The van der Waals surface area contributed by atoms with Gasteiger partial charge in [0.2, 0.25) is 5.91 Å². The Labute approximate surface area is 135 Å². The first-order chi connectivity index (χ1) is 11.1. The van der Waals surface area contributed by atoms with E-state index in [0.29, 0.717) is 12.5 Å². The van der Waals surface area contributed by atoms with E-state index in [9.17, 15) is 4.79 Å². The molecular weight excluding hydrogens is 292 g/mol. The molecule has 0 bridgehead atoms. The van der Waals surface area contributed by atoms with Crippen molar-refractivity contribution < 1.29 is 6.22 Å². The molecule has 0 aliphatic carbocycles. The molecule has 0 fully saturated rings. The number of H-pyrrole nitrogens is 1. The van der Waals surface area contributed by atoms with Crippen LogP contribution in [0.5, 0.6) is 0 Å². The molecule has 0 radical (unpaired) electrons. The van der Waals surface area contributed by atoms with Crippen LogP contribution in [0.3, 0.4) is 0 Å². The van der Waals surface area contributed by atoms with Crippen LogP contribution in [0.4, 0.5) is 0 Å². The lowest BCUT2D eigenvalue weighted by Crippen LogP contribution is -2.33. The Morgan fingerprint density at radius 1 is 1.39 bits per heavy atom. The monoisotopic (exact) mass is 314 g/mol. The van der Waals surface area contributed by atoms with Gasteiger partial charge >= 0.3 is 0 Å². The third-order valence-electron chi connectivity index (χ3n) is 3.69. The summed E-state index contributed by atoms with van der Waals surface area (Å²) in [5.41, 5.74) is 2.45. The van der Waals surface area contributed by atoms with Crippen molar-refractivity contribution >= 4 is 16.9 Å². The third kappa shape index (κ3) is 3.08. The van der Waals surface area contributed by atoms with Gasteiger partial charge in [0.25, 0.3) is 0 Å². The number of carbonyl (C=O) groups is 1. The van der Waals surface area contributed by atoms with Crippen LogP contribution in [0.1, 0.15) is 28.2 Å². The van der Waals surface area contributed by atoms with Crippen molar-refractivity contribution in [2.75, 3.05) is 6.54 Å². The smallest absolute Gasteiger partial charge is 0.244 e. The van der Waals surface area contributed by atoms with Crippen LogP contribution in [-0.2, 0) is 4.79 Å². The van der Waals surface area contributed by atoms with E-state index in [2.05, 4.69) is 39.2 Å². The number of aromatic amines is 1. The SMILES string of the molecule is CC(C)CNC(=O)C(C)n1cc(-c2ncnc3[nH]ccc23)cn1.[HH]. The number of carbonyl (C=O) groups excluding carboxylic acids is 1. The standard InChI is InChI=1S/C16H20N6O.H2/c1-10(2)6-18-16(23)11(3)22-8-12(7-21-22)14-13-4-5-17-15(13)20-9-19-14;/h4-5,7-11H,6H2,1-3H3,(H,18,23)(H,17,19,20);1H. The Kier molecular flexibility index (Phi) is 4.10.